The number of anilines is 1. The van der Waals surface area contributed by atoms with E-state index in [1.54, 1.807) is 6.07 Å². The Hall–Kier alpha value is -2.23. The number of carbonyl (C=O) groups is 1. The Morgan fingerprint density at radius 2 is 2.14 bits per heavy atom. The lowest BCUT2D eigenvalue weighted by atomic mass is 10.1. The maximum atomic E-state index is 12.6. The van der Waals surface area contributed by atoms with E-state index in [0.29, 0.717) is 18.7 Å². The number of alkyl halides is 3. The predicted molar refractivity (Wildman–Crippen MR) is 70.4 cm³/mol. The van der Waals surface area contributed by atoms with Gasteiger partial charge in [-0.2, -0.15) is 18.4 Å². The summed E-state index contributed by atoms with van der Waals surface area (Å²) >= 11 is 0. The van der Waals surface area contributed by atoms with Crippen LogP contribution >= 0.6 is 0 Å². The fraction of sp³-hybridized carbons (Fsp3) is 0.429. The van der Waals surface area contributed by atoms with Crippen LogP contribution in [0.25, 0.3) is 0 Å². The zero-order valence-electron chi connectivity index (χ0n) is 11.1. The van der Waals surface area contributed by atoms with E-state index in [2.05, 4.69) is 10.6 Å². The summed E-state index contributed by atoms with van der Waals surface area (Å²) in [6, 6.07) is 4.57. The molecule has 1 heterocycles. The molecule has 0 saturated carbocycles. The third kappa shape index (κ3) is 3.88. The summed E-state index contributed by atoms with van der Waals surface area (Å²) < 4.78 is 37.9. The maximum absolute atomic E-state index is 12.6. The van der Waals surface area contributed by atoms with Crippen molar-refractivity contribution >= 4 is 11.6 Å². The van der Waals surface area contributed by atoms with Gasteiger partial charge in [-0.15, -0.1) is 0 Å². The fourth-order valence-electron chi connectivity index (χ4n) is 2.26. The Bertz CT molecular complexity index is 578. The first-order chi connectivity index (χ1) is 9.90. The number of rotatable bonds is 2. The van der Waals surface area contributed by atoms with E-state index in [-0.39, 0.29) is 23.9 Å². The number of nitrogens with one attached hydrogen (secondary N) is 2. The largest absolute Gasteiger partial charge is 0.416 e. The summed E-state index contributed by atoms with van der Waals surface area (Å²) in [6.45, 7) is 0.592. The van der Waals surface area contributed by atoms with Crippen molar-refractivity contribution in [3.05, 3.63) is 29.3 Å². The van der Waals surface area contributed by atoms with Gasteiger partial charge < -0.3 is 10.6 Å². The quantitative estimate of drug-likeness (QED) is 0.882. The fourth-order valence-corrected chi connectivity index (χ4v) is 2.26. The Kier molecular flexibility index (Phi) is 4.36. The average molecular weight is 297 g/mol. The molecule has 1 aromatic carbocycles. The van der Waals surface area contributed by atoms with Crippen LogP contribution in [0.2, 0.25) is 0 Å². The topological polar surface area (TPSA) is 64.9 Å². The highest BCUT2D eigenvalue weighted by Gasteiger charge is 2.31. The van der Waals surface area contributed by atoms with Crippen LogP contribution in [0.15, 0.2) is 18.2 Å². The molecule has 1 atom stereocenters. The standard InChI is InChI=1S/C14H14F3N3O/c15-14(16,17)10-3-4-12(9(6-10)8-18)20-11-2-1-5-19-13(21)7-11/h3-4,6,11,20H,1-2,5,7H2,(H,19,21). The SMILES string of the molecule is N#Cc1cc(C(F)(F)F)ccc1NC1CCCNC(=O)C1. The number of amides is 1. The number of hydrogen-bond donors (Lipinski definition) is 2. The van der Waals surface area contributed by atoms with Gasteiger partial charge in [0, 0.05) is 19.0 Å². The zero-order chi connectivity index (χ0) is 15.5. The summed E-state index contributed by atoms with van der Waals surface area (Å²) in [7, 11) is 0. The van der Waals surface area contributed by atoms with Crippen molar-refractivity contribution in [1.82, 2.24) is 5.32 Å². The van der Waals surface area contributed by atoms with Gasteiger partial charge in [-0.1, -0.05) is 0 Å². The number of benzene rings is 1. The van der Waals surface area contributed by atoms with Crippen LogP contribution in [-0.2, 0) is 11.0 Å². The maximum Gasteiger partial charge on any atom is 0.416 e. The Morgan fingerprint density at radius 3 is 2.81 bits per heavy atom. The number of halogens is 3. The summed E-state index contributed by atoms with van der Waals surface area (Å²) in [5.74, 6) is -0.101. The molecule has 0 bridgehead atoms. The van der Waals surface area contributed by atoms with Crippen molar-refractivity contribution in [3.63, 3.8) is 0 Å². The third-order valence-electron chi connectivity index (χ3n) is 3.31. The van der Waals surface area contributed by atoms with Gasteiger partial charge in [-0.3, -0.25) is 4.79 Å². The van der Waals surface area contributed by atoms with Gasteiger partial charge in [0.2, 0.25) is 5.91 Å². The molecule has 1 unspecified atom stereocenters. The number of nitrogens with zero attached hydrogens (tertiary/aromatic N) is 1. The molecule has 1 fully saturated rings. The lowest BCUT2D eigenvalue weighted by Crippen LogP contribution is -2.27. The van der Waals surface area contributed by atoms with E-state index >= 15 is 0 Å². The molecule has 0 spiro atoms. The van der Waals surface area contributed by atoms with Crippen molar-refractivity contribution in [1.29, 1.82) is 5.26 Å². The second kappa shape index (κ2) is 6.04. The van der Waals surface area contributed by atoms with Crippen LogP contribution < -0.4 is 10.6 Å². The molecule has 0 aliphatic carbocycles. The molecule has 2 N–H and O–H groups in total. The van der Waals surface area contributed by atoms with Gasteiger partial charge in [0.05, 0.1) is 16.8 Å². The average Bonchev–Trinajstić information content (AvgIpc) is 2.62. The minimum Gasteiger partial charge on any atom is -0.381 e. The second-order valence-electron chi connectivity index (χ2n) is 4.91. The second-order valence-corrected chi connectivity index (χ2v) is 4.91. The lowest BCUT2D eigenvalue weighted by molar-refractivity contribution is -0.137. The zero-order valence-corrected chi connectivity index (χ0v) is 11.1. The summed E-state index contributed by atoms with van der Waals surface area (Å²) in [5, 5.41) is 14.7. The van der Waals surface area contributed by atoms with Crippen LogP contribution in [0.4, 0.5) is 18.9 Å². The number of nitriles is 1. The van der Waals surface area contributed by atoms with Crippen molar-refractivity contribution in [3.8, 4) is 6.07 Å². The molecule has 2 rings (SSSR count). The lowest BCUT2D eigenvalue weighted by Gasteiger charge is -2.18. The van der Waals surface area contributed by atoms with Crippen molar-refractivity contribution < 1.29 is 18.0 Å². The molecule has 4 nitrogen and oxygen atoms in total. The Labute approximate surface area is 119 Å². The van der Waals surface area contributed by atoms with E-state index in [0.717, 1.165) is 18.6 Å². The summed E-state index contributed by atoms with van der Waals surface area (Å²) in [6.07, 6.45) is -2.74. The molecule has 1 aliphatic heterocycles. The molecular formula is C14H14F3N3O. The Balaban J connectivity index is 2.20. The van der Waals surface area contributed by atoms with Crippen molar-refractivity contribution in [2.75, 3.05) is 11.9 Å². The number of carbonyl (C=O) groups excluding carboxylic acids is 1. The van der Waals surface area contributed by atoms with E-state index < -0.39 is 11.7 Å². The normalized spacial score (nSPS) is 19.3. The Morgan fingerprint density at radius 1 is 1.38 bits per heavy atom. The van der Waals surface area contributed by atoms with Gasteiger partial charge >= 0.3 is 6.18 Å². The van der Waals surface area contributed by atoms with Crippen LogP contribution in [0, 0.1) is 11.3 Å². The molecule has 112 valence electrons. The first-order valence-corrected chi connectivity index (χ1v) is 6.54. The molecule has 0 aromatic heterocycles. The van der Waals surface area contributed by atoms with Crippen LogP contribution in [-0.4, -0.2) is 18.5 Å². The van der Waals surface area contributed by atoms with Crippen LogP contribution in [0.1, 0.15) is 30.4 Å². The van der Waals surface area contributed by atoms with Gasteiger partial charge in [0.1, 0.15) is 6.07 Å². The molecule has 7 heteroatoms. The van der Waals surface area contributed by atoms with Crippen LogP contribution in [0.5, 0.6) is 0 Å². The highest BCUT2D eigenvalue weighted by molar-refractivity contribution is 5.77. The van der Waals surface area contributed by atoms with Gasteiger partial charge in [-0.25, -0.2) is 0 Å². The highest BCUT2D eigenvalue weighted by Crippen LogP contribution is 2.32. The summed E-state index contributed by atoms with van der Waals surface area (Å²) in [4.78, 5) is 11.5. The van der Waals surface area contributed by atoms with E-state index in [1.807, 2.05) is 0 Å². The van der Waals surface area contributed by atoms with Crippen molar-refractivity contribution in [2.24, 2.45) is 0 Å². The summed E-state index contributed by atoms with van der Waals surface area (Å²) in [5.41, 5.74) is -0.608. The monoisotopic (exact) mass is 297 g/mol. The first-order valence-electron chi connectivity index (χ1n) is 6.54. The van der Waals surface area contributed by atoms with E-state index in [1.165, 1.54) is 6.07 Å². The van der Waals surface area contributed by atoms with E-state index in [9.17, 15) is 18.0 Å². The minimum atomic E-state index is -4.48. The third-order valence-corrected chi connectivity index (χ3v) is 3.31. The van der Waals surface area contributed by atoms with Gasteiger partial charge in [-0.05, 0) is 31.0 Å². The van der Waals surface area contributed by atoms with Crippen molar-refractivity contribution in [2.45, 2.75) is 31.5 Å². The predicted octanol–water partition coefficient (Wildman–Crippen LogP) is 2.66. The van der Waals surface area contributed by atoms with Gasteiger partial charge in [0.25, 0.3) is 0 Å². The van der Waals surface area contributed by atoms with E-state index in [4.69, 9.17) is 5.26 Å². The minimum absolute atomic E-state index is 0.0746. The van der Waals surface area contributed by atoms with Gasteiger partial charge in [0.15, 0.2) is 0 Å². The van der Waals surface area contributed by atoms with Crippen LogP contribution in [0.3, 0.4) is 0 Å². The molecule has 21 heavy (non-hydrogen) atoms. The molecule has 1 amide bonds. The number of hydrogen-bond acceptors (Lipinski definition) is 3. The smallest absolute Gasteiger partial charge is 0.381 e. The molecular weight excluding hydrogens is 283 g/mol. The molecule has 1 aromatic rings. The molecule has 0 radical (unpaired) electrons. The first kappa shape index (κ1) is 15.2. The molecule has 1 aliphatic rings. The molecule has 1 saturated heterocycles. The highest BCUT2D eigenvalue weighted by atomic mass is 19.4.